The number of carbonyl (C=O) groups is 2. The Balaban J connectivity index is 1.57. The molecular formula is C20H20N4O3S. The molecule has 0 saturated carbocycles. The third-order valence-electron chi connectivity index (χ3n) is 4.90. The highest BCUT2D eigenvalue weighted by Gasteiger charge is 2.23. The van der Waals surface area contributed by atoms with Crippen LogP contribution in [0.5, 0.6) is 0 Å². The largest absolute Gasteiger partial charge is 0.480 e. The average molecular weight is 396 g/mol. The number of carboxylic acids is 1. The first-order valence-electron chi connectivity index (χ1n) is 9.13. The number of thiophene rings is 1. The molecule has 0 radical (unpaired) electrons. The molecule has 0 spiro atoms. The van der Waals surface area contributed by atoms with Gasteiger partial charge >= 0.3 is 5.97 Å². The third kappa shape index (κ3) is 3.68. The molecule has 0 fully saturated rings. The lowest BCUT2D eigenvalue weighted by Gasteiger charge is -2.18. The summed E-state index contributed by atoms with van der Waals surface area (Å²) >= 11 is 1.75. The Kier molecular flexibility index (Phi) is 4.95. The number of aryl methyl sites for hydroxylation is 1. The van der Waals surface area contributed by atoms with Crippen LogP contribution in [0.4, 0.5) is 11.5 Å². The van der Waals surface area contributed by atoms with Crippen molar-refractivity contribution >= 4 is 44.9 Å². The van der Waals surface area contributed by atoms with Crippen LogP contribution in [0.2, 0.25) is 0 Å². The highest BCUT2D eigenvalue weighted by atomic mass is 32.1. The molecule has 1 atom stereocenters. The van der Waals surface area contributed by atoms with E-state index in [1.54, 1.807) is 41.9 Å². The zero-order valence-electron chi connectivity index (χ0n) is 15.4. The Morgan fingerprint density at radius 3 is 2.79 bits per heavy atom. The van der Waals surface area contributed by atoms with E-state index in [0.29, 0.717) is 11.5 Å². The van der Waals surface area contributed by atoms with E-state index in [9.17, 15) is 9.59 Å². The summed E-state index contributed by atoms with van der Waals surface area (Å²) < 4.78 is 0. The van der Waals surface area contributed by atoms with Crippen LogP contribution >= 0.6 is 11.3 Å². The summed E-state index contributed by atoms with van der Waals surface area (Å²) in [4.78, 5) is 33.8. The van der Waals surface area contributed by atoms with Gasteiger partial charge in [0, 0.05) is 16.1 Å². The van der Waals surface area contributed by atoms with Crippen molar-refractivity contribution in [2.75, 3.05) is 11.9 Å². The van der Waals surface area contributed by atoms with E-state index < -0.39 is 18.4 Å². The number of nitrogens with one attached hydrogen (secondary N) is 2. The first kappa shape index (κ1) is 18.4. The van der Waals surface area contributed by atoms with Gasteiger partial charge in [0.1, 0.15) is 23.5 Å². The predicted octanol–water partition coefficient (Wildman–Crippen LogP) is 3.37. The number of aromatic nitrogens is 2. The van der Waals surface area contributed by atoms with E-state index in [1.807, 2.05) is 0 Å². The van der Waals surface area contributed by atoms with Crippen molar-refractivity contribution in [1.29, 1.82) is 0 Å². The molecule has 3 N–H and O–H groups in total. The molecule has 1 aliphatic rings. The molecule has 2 aromatic heterocycles. The Bertz CT molecular complexity index is 1050. The van der Waals surface area contributed by atoms with Gasteiger partial charge in [-0.05, 0) is 55.0 Å². The summed E-state index contributed by atoms with van der Waals surface area (Å²) in [5, 5.41) is 15.4. The number of carboxylic acid groups (broad SMARTS) is 1. The van der Waals surface area contributed by atoms with Crippen molar-refractivity contribution in [3.63, 3.8) is 0 Å². The molecule has 7 nitrogen and oxygen atoms in total. The van der Waals surface area contributed by atoms with Crippen LogP contribution < -0.4 is 10.6 Å². The fraction of sp³-hybridized carbons (Fsp3) is 0.300. The minimum Gasteiger partial charge on any atom is -0.480 e. The van der Waals surface area contributed by atoms with Crippen LogP contribution in [-0.4, -0.2) is 33.5 Å². The van der Waals surface area contributed by atoms with Gasteiger partial charge in [0.2, 0.25) is 0 Å². The first-order valence-corrected chi connectivity index (χ1v) is 9.95. The van der Waals surface area contributed by atoms with Crippen LogP contribution in [0, 0.1) is 5.92 Å². The molecule has 2 heterocycles. The lowest BCUT2D eigenvalue weighted by Crippen LogP contribution is -2.29. The summed E-state index contributed by atoms with van der Waals surface area (Å²) in [7, 11) is 0. The fourth-order valence-corrected chi connectivity index (χ4v) is 4.82. The van der Waals surface area contributed by atoms with E-state index in [1.165, 1.54) is 16.9 Å². The van der Waals surface area contributed by atoms with E-state index >= 15 is 0 Å². The smallest absolute Gasteiger partial charge is 0.322 e. The molecule has 3 aromatic rings. The Morgan fingerprint density at radius 1 is 1.25 bits per heavy atom. The Hall–Kier alpha value is -3.00. The molecule has 0 saturated heterocycles. The zero-order valence-corrected chi connectivity index (χ0v) is 16.2. The number of carbonyl (C=O) groups excluding carboxylic acids is 1. The second-order valence-electron chi connectivity index (χ2n) is 7.03. The van der Waals surface area contributed by atoms with Crippen LogP contribution in [0.25, 0.3) is 10.2 Å². The molecule has 1 amide bonds. The van der Waals surface area contributed by atoms with E-state index in [-0.39, 0.29) is 0 Å². The number of rotatable bonds is 5. The summed E-state index contributed by atoms with van der Waals surface area (Å²) in [6, 6.07) is 6.88. The van der Waals surface area contributed by atoms with Gasteiger partial charge < -0.3 is 15.7 Å². The minimum absolute atomic E-state index is 0.403. The number of hydrogen-bond acceptors (Lipinski definition) is 6. The number of nitrogens with zero attached hydrogens (tertiary/aromatic N) is 2. The second-order valence-corrected chi connectivity index (χ2v) is 8.12. The lowest BCUT2D eigenvalue weighted by molar-refractivity contribution is -0.135. The highest BCUT2D eigenvalue weighted by molar-refractivity contribution is 7.19. The van der Waals surface area contributed by atoms with Crippen LogP contribution in [0.15, 0.2) is 30.6 Å². The van der Waals surface area contributed by atoms with Crippen LogP contribution in [-0.2, 0) is 17.6 Å². The van der Waals surface area contributed by atoms with Crippen molar-refractivity contribution in [1.82, 2.24) is 15.3 Å². The van der Waals surface area contributed by atoms with Crippen LogP contribution in [0.1, 0.15) is 34.1 Å². The molecule has 144 valence electrons. The highest BCUT2D eigenvalue weighted by Crippen LogP contribution is 2.40. The average Bonchev–Trinajstić information content (AvgIpc) is 3.05. The van der Waals surface area contributed by atoms with Gasteiger partial charge in [0.25, 0.3) is 5.91 Å². The van der Waals surface area contributed by atoms with E-state index in [2.05, 4.69) is 27.5 Å². The van der Waals surface area contributed by atoms with Gasteiger partial charge in [-0.2, -0.15) is 0 Å². The maximum atomic E-state index is 11.9. The van der Waals surface area contributed by atoms with Gasteiger partial charge in [-0.3, -0.25) is 9.59 Å². The van der Waals surface area contributed by atoms with Crippen molar-refractivity contribution in [3.05, 3.63) is 46.6 Å². The fourth-order valence-electron chi connectivity index (χ4n) is 3.47. The van der Waals surface area contributed by atoms with Crippen LogP contribution in [0.3, 0.4) is 0 Å². The number of fused-ring (bicyclic) bond motifs is 3. The Morgan fingerprint density at radius 2 is 2.04 bits per heavy atom. The number of aliphatic carboxylic acids is 1. The molecular weight excluding hydrogens is 376 g/mol. The quantitative estimate of drug-likeness (QED) is 0.611. The van der Waals surface area contributed by atoms with Gasteiger partial charge in [-0.15, -0.1) is 11.3 Å². The molecule has 8 heteroatoms. The van der Waals surface area contributed by atoms with Crippen molar-refractivity contribution < 1.29 is 14.7 Å². The standard InChI is InChI=1S/C20H20N4O3S/c1-11-2-7-14-15(8-11)28-20-17(14)18(22-10-23-20)24-13-5-3-12(4-6-13)19(27)21-9-16(25)26/h3-6,10-11H,2,7-9H2,1H3,(H,21,27)(H,25,26)(H,22,23,24). The zero-order chi connectivity index (χ0) is 19.7. The minimum atomic E-state index is -1.08. The predicted molar refractivity (Wildman–Crippen MR) is 108 cm³/mol. The van der Waals surface area contributed by atoms with Crippen molar-refractivity contribution in [2.45, 2.75) is 26.2 Å². The van der Waals surface area contributed by atoms with Gasteiger partial charge in [-0.25, -0.2) is 9.97 Å². The molecule has 4 rings (SSSR count). The molecule has 1 aliphatic carbocycles. The maximum Gasteiger partial charge on any atom is 0.322 e. The van der Waals surface area contributed by atoms with E-state index in [4.69, 9.17) is 5.11 Å². The van der Waals surface area contributed by atoms with Gasteiger partial charge in [0.05, 0.1) is 5.39 Å². The summed E-state index contributed by atoms with van der Waals surface area (Å²) in [6.07, 6.45) is 4.88. The number of amides is 1. The number of hydrogen-bond donors (Lipinski definition) is 3. The molecule has 0 aliphatic heterocycles. The lowest BCUT2D eigenvalue weighted by atomic mass is 9.89. The third-order valence-corrected chi connectivity index (χ3v) is 6.06. The van der Waals surface area contributed by atoms with Crippen molar-refractivity contribution in [2.24, 2.45) is 5.92 Å². The maximum absolute atomic E-state index is 11.9. The normalized spacial score (nSPS) is 15.8. The Labute approximate surface area is 165 Å². The first-order chi connectivity index (χ1) is 13.5. The van der Waals surface area contributed by atoms with Crippen molar-refractivity contribution in [3.8, 4) is 0 Å². The topological polar surface area (TPSA) is 104 Å². The van der Waals surface area contributed by atoms with Gasteiger partial charge in [0.15, 0.2) is 0 Å². The summed E-state index contributed by atoms with van der Waals surface area (Å²) in [5.41, 5.74) is 2.56. The molecule has 1 aromatic carbocycles. The number of anilines is 2. The molecule has 28 heavy (non-hydrogen) atoms. The van der Waals surface area contributed by atoms with Gasteiger partial charge in [-0.1, -0.05) is 6.92 Å². The summed E-state index contributed by atoms with van der Waals surface area (Å²) in [5.74, 6) is -0.0165. The summed E-state index contributed by atoms with van der Waals surface area (Å²) in [6.45, 7) is 1.88. The number of benzene rings is 1. The van der Waals surface area contributed by atoms with E-state index in [0.717, 1.165) is 34.6 Å². The molecule has 0 bridgehead atoms. The monoisotopic (exact) mass is 396 g/mol. The second kappa shape index (κ2) is 7.55. The SMILES string of the molecule is CC1CCc2c(sc3ncnc(Nc4ccc(C(=O)NCC(=O)O)cc4)c23)C1. The molecule has 1 unspecified atom stereocenters.